The zero-order valence-electron chi connectivity index (χ0n) is 6.24. The second-order valence-electron chi connectivity index (χ2n) is 2.79. The molecule has 0 amide bonds. The molecule has 1 aromatic carbocycles. The molecule has 3 nitrogen and oxygen atoms in total. The summed E-state index contributed by atoms with van der Waals surface area (Å²) < 4.78 is 5.14. The third-order valence-corrected chi connectivity index (χ3v) is 2.03. The summed E-state index contributed by atoms with van der Waals surface area (Å²) in [4.78, 5) is 4.05. The van der Waals surface area contributed by atoms with Crippen LogP contribution in [0.1, 0.15) is 0 Å². The van der Waals surface area contributed by atoms with Gasteiger partial charge in [0.2, 0.25) is 0 Å². The molecule has 0 saturated carbocycles. The van der Waals surface area contributed by atoms with Crippen LogP contribution in [-0.4, -0.2) is 10.1 Å². The Morgan fingerprint density at radius 2 is 1.92 bits per heavy atom. The minimum atomic E-state index is 0.871. The molecule has 0 spiro atoms. The summed E-state index contributed by atoms with van der Waals surface area (Å²) in [5, 5.41) is 6.05. The molecular weight excluding hydrogens is 152 g/mol. The van der Waals surface area contributed by atoms with Crippen LogP contribution >= 0.6 is 0 Å². The normalized spacial score (nSPS) is 11.3. The maximum Gasteiger partial charge on any atom is 0.164 e. The van der Waals surface area contributed by atoms with E-state index in [1.807, 2.05) is 24.7 Å². The number of aromatic amines is 1. The summed E-state index contributed by atoms with van der Waals surface area (Å²) in [5.74, 6) is 0. The van der Waals surface area contributed by atoms with Gasteiger partial charge in [0.1, 0.15) is 0 Å². The van der Waals surface area contributed by atoms with Crippen molar-refractivity contribution in [2.45, 2.75) is 0 Å². The number of hydrogen-bond donors (Lipinski definition) is 1. The lowest BCUT2D eigenvalue weighted by atomic mass is 10.2. The van der Waals surface area contributed by atoms with E-state index in [1.165, 1.54) is 0 Å². The van der Waals surface area contributed by atoms with Crippen LogP contribution < -0.4 is 0 Å². The zero-order chi connectivity index (χ0) is 7.97. The average molecular weight is 158 g/mol. The summed E-state index contributed by atoms with van der Waals surface area (Å²) in [7, 11) is 0. The van der Waals surface area contributed by atoms with Gasteiger partial charge in [0.15, 0.2) is 5.58 Å². The van der Waals surface area contributed by atoms with Crippen LogP contribution in [-0.2, 0) is 0 Å². The van der Waals surface area contributed by atoms with Gasteiger partial charge >= 0.3 is 0 Å². The van der Waals surface area contributed by atoms with Crippen LogP contribution in [0.2, 0.25) is 0 Å². The van der Waals surface area contributed by atoms with Crippen molar-refractivity contribution in [2.75, 3.05) is 0 Å². The highest BCUT2D eigenvalue weighted by Crippen LogP contribution is 2.21. The van der Waals surface area contributed by atoms with Crippen molar-refractivity contribution in [3.05, 3.63) is 30.7 Å². The Hall–Kier alpha value is -1.77. The van der Waals surface area contributed by atoms with Crippen LogP contribution in [0.4, 0.5) is 0 Å². The Bertz CT molecular complexity index is 444. The summed E-state index contributed by atoms with van der Waals surface area (Å²) in [6.07, 6.45) is 5.51. The fourth-order valence-electron chi connectivity index (χ4n) is 1.41. The summed E-state index contributed by atoms with van der Waals surface area (Å²) in [6, 6.07) is 4.03. The first-order chi connectivity index (χ1) is 5.93. The Labute approximate surface area is 68.0 Å². The molecule has 0 aliphatic heterocycles. The second-order valence-corrected chi connectivity index (χ2v) is 2.79. The highest BCUT2D eigenvalue weighted by Gasteiger charge is 2.00. The minimum absolute atomic E-state index is 0.871. The van der Waals surface area contributed by atoms with Gasteiger partial charge in [-0.3, -0.25) is 4.98 Å². The Kier molecular flexibility index (Phi) is 0.913. The van der Waals surface area contributed by atoms with Crippen molar-refractivity contribution < 1.29 is 4.52 Å². The maximum atomic E-state index is 5.14. The number of hydrogen-bond acceptors (Lipinski definition) is 2. The van der Waals surface area contributed by atoms with E-state index in [1.54, 1.807) is 0 Å². The minimum Gasteiger partial charge on any atom is -0.382 e. The molecule has 3 aromatic rings. The maximum absolute atomic E-state index is 5.14. The Balaban J connectivity index is 2.62. The first kappa shape index (κ1) is 5.83. The van der Waals surface area contributed by atoms with E-state index in [2.05, 4.69) is 16.2 Å². The molecule has 0 bridgehead atoms. The summed E-state index contributed by atoms with van der Waals surface area (Å²) in [6.45, 7) is 0. The predicted molar refractivity (Wildman–Crippen MR) is 45.9 cm³/mol. The molecule has 1 N–H and O–H groups in total. The number of nitrogens with one attached hydrogen (secondary N) is 1. The van der Waals surface area contributed by atoms with Crippen LogP contribution in [0.5, 0.6) is 0 Å². The van der Waals surface area contributed by atoms with E-state index in [-0.39, 0.29) is 0 Å². The quantitative estimate of drug-likeness (QED) is 0.545. The van der Waals surface area contributed by atoms with Crippen LogP contribution in [0.15, 0.2) is 35.2 Å². The lowest BCUT2D eigenvalue weighted by Gasteiger charge is -1.86. The van der Waals surface area contributed by atoms with E-state index in [0.717, 1.165) is 21.7 Å². The van der Waals surface area contributed by atoms with Crippen LogP contribution in [0, 0.1) is 0 Å². The van der Waals surface area contributed by atoms with Crippen LogP contribution in [0.3, 0.4) is 0 Å². The molecule has 0 fully saturated rings. The standard InChI is InChI=1S/C9H6N2O/c1-6-3-10-4-7(6)2-9-8(1)5-11-12-9/h1-5,11H. The number of aromatic nitrogens is 2. The smallest absolute Gasteiger partial charge is 0.164 e. The number of nitrogens with zero attached hydrogens (tertiary/aromatic N) is 1. The third kappa shape index (κ3) is 0.625. The van der Waals surface area contributed by atoms with Crippen molar-refractivity contribution in [3.8, 4) is 0 Å². The predicted octanol–water partition coefficient (Wildman–Crippen LogP) is 2.31. The lowest BCUT2D eigenvalue weighted by Crippen LogP contribution is -1.63. The zero-order valence-corrected chi connectivity index (χ0v) is 6.24. The average Bonchev–Trinajstić information content (AvgIpc) is 2.64. The molecule has 0 atom stereocenters. The third-order valence-electron chi connectivity index (χ3n) is 2.03. The molecule has 2 heterocycles. The monoisotopic (exact) mass is 158 g/mol. The highest BCUT2D eigenvalue weighted by atomic mass is 16.5. The van der Waals surface area contributed by atoms with Crippen molar-refractivity contribution in [1.82, 2.24) is 10.1 Å². The fraction of sp³-hybridized carbons (Fsp3) is 0. The van der Waals surface area contributed by atoms with Crippen molar-refractivity contribution in [1.29, 1.82) is 0 Å². The van der Waals surface area contributed by atoms with Crippen molar-refractivity contribution in [3.63, 3.8) is 0 Å². The van der Waals surface area contributed by atoms with Crippen LogP contribution in [0.25, 0.3) is 21.7 Å². The van der Waals surface area contributed by atoms with Crippen molar-refractivity contribution >= 4 is 21.7 Å². The second kappa shape index (κ2) is 1.88. The van der Waals surface area contributed by atoms with Gasteiger partial charge in [0.05, 0.1) is 0 Å². The summed E-state index contributed by atoms with van der Waals surface area (Å²) in [5.41, 5.74) is 0.871. The van der Waals surface area contributed by atoms with Gasteiger partial charge in [-0.2, -0.15) is 0 Å². The molecule has 2 aromatic heterocycles. The summed E-state index contributed by atoms with van der Waals surface area (Å²) >= 11 is 0. The van der Waals surface area contributed by atoms with E-state index < -0.39 is 0 Å². The highest BCUT2D eigenvalue weighted by molar-refractivity contribution is 5.95. The van der Waals surface area contributed by atoms with Gasteiger partial charge < -0.3 is 4.52 Å². The molecule has 0 unspecified atom stereocenters. The van der Waals surface area contributed by atoms with Gasteiger partial charge in [-0.1, -0.05) is 0 Å². The molecular formula is C9H6N2O. The largest absolute Gasteiger partial charge is 0.382 e. The molecule has 0 aliphatic rings. The molecule has 12 heavy (non-hydrogen) atoms. The van der Waals surface area contributed by atoms with E-state index >= 15 is 0 Å². The molecule has 0 radical (unpaired) electrons. The molecule has 3 rings (SSSR count). The van der Waals surface area contributed by atoms with E-state index in [0.29, 0.717) is 0 Å². The lowest BCUT2D eigenvalue weighted by molar-refractivity contribution is 0.456. The molecule has 0 aliphatic carbocycles. The number of benzene rings is 1. The Morgan fingerprint density at radius 1 is 1.08 bits per heavy atom. The van der Waals surface area contributed by atoms with Gasteiger partial charge in [0, 0.05) is 34.7 Å². The Morgan fingerprint density at radius 3 is 2.83 bits per heavy atom. The number of H-pyrrole nitrogens is 1. The van der Waals surface area contributed by atoms with Gasteiger partial charge in [-0.05, 0) is 12.1 Å². The first-order valence-corrected chi connectivity index (χ1v) is 3.73. The van der Waals surface area contributed by atoms with E-state index in [9.17, 15) is 0 Å². The number of rotatable bonds is 0. The molecule has 0 saturated heterocycles. The van der Waals surface area contributed by atoms with Gasteiger partial charge in [-0.25, -0.2) is 5.16 Å². The van der Waals surface area contributed by atoms with E-state index in [4.69, 9.17) is 4.52 Å². The molecule has 3 heteroatoms. The number of fused-ring (bicyclic) bond motifs is 2. The topological polar surface area (TPSA) is 41.8 Å². The first-order valence-electron chi connectivity index (χ1n) is 3.73. The molecule has 58 valence electrons. The van der Waals surface area contributed by atoms with Gasteiger partial charge in [0.25, 0.3) is 0 Å². The van der Waals surface area contributed by atoms with Gasteiger partial charge in [-0.15, -0.1) is 0 Å². The van der Waals surface area contributed by atoms with Crippen molar-refractivity contribution in [2.24, 2.45) is 0 Å². The SMILES string of the molecule is c1ncc2cc3o[nH]cc3cc12. The fourth-order valence-corrected chi connectivity index (χ4v) is 1.41.